The highest BCUT2D eigenvalue weighted by molar-refractivity contribution is 5.05. The summed E-state index contributed by atoms with van der Waals surface area (Å²) >= 11 is 0. The maximum absolute atomic E-state index is 6.00. The fourth-order valence-electron chi connectivity index (χ4n) is 1.45. The van der Waals surface area contributed by atoms with Crippen molar-refractivity contribution in [3.8, 4) is 0 Å². The van der Waals surface area contributed by atoms with E-state index in [1.807, 2.05) is 19.1 Å². The molecule has 0 radical (unpaired) electrons. The number of hydrogen-bond acceptors (Lipinski definition) is 3. The monoisotopic (exact) mass is 210 g/mol. The van der Waals surface area contributed by atoms with Crippen LogP contribution < -0.4 is 11.1 Å². The topological polar surface area (TPSA) is 51.2 Å². The predicted octanol–water partition coefficient (Wildman–Crippen LogP) is 2.05. The highest BCUT2D eigenvalue weighted by Gasteiger charge is 2.09. The van der Waals surface area contributed by atoms with Crippen LogP contribution in [0.15, 0.2) is 16.5 Å². The maximum Gasteiger partial charge on any atom is 0.117 e. The molecular formula is C12H22N2O. The van der Waals surface area contributed by atoms with Gasteiger partial charge in [-0.05, 0) is 25.0 Å². The molecule has 0 bridgehead atoms. The molecule has 3 N–H and O–H groups in total. The molecule has 0 fully saturated rings. The van der Waals surface area contributed by atoms with Crippen LogP contribution in [0.4, 0.5) is 0 Å². The van der Waals surface area contributed by atoms with Crippen molar-refractivity contribution in [1.82, 2.24) is 5.32 Å². The summed E-state index contributed by atoms with van der Waals surface area (Å²) in [5.74, 6) is 2.50. The molecule has 0 amide bonds. The van der Waals surface area contributed by atoms with Crippen molar-refractivity contribution < 1.29 is 4.42 Å². The van der Waals surface area contributed by atoms with Gasteiger partial charge < -0.3 is 15.5 Å². The summed E-state index contributed by atoms with van der Waals surface area (Å²) in [6.45, 7) is 7.91. The van der Waals surface area contributed by atoms with Crippen molar-refractivity contribution in [2.24, 2.45) is 11.7 Å². The van der Waals surface area contributed by atoms with Gasteiger partial charge in [-0.3, -0.25) is 0 Å². The van der Waals surface area contributed by atoms with Crippen molar-refractivity contribution in [3.63, 3.8) is 0 Å². The van der Waals surface area contributed by atoms with E-state index in [2.05, 4.69) is 19.2 Å². The molecule has 2 unspecified atom stereocenters. The largest absolute Gasteiger partial charge is 0.465 e. The Balaban J connectivity index is 2.21. The average Bonchev–Trinajstić information content (AvgIpc) is 2.63. The van der Waals surface area contributed by atoms with Crippen molar-refractivity contribution in [1.29, 1.82) is 0 Å². The second-order valence-corrected chi connectivity index (χ2v) is 4.19. The number of nitrogens with two attached hydrogens (primary N) is 1. The SMILES string of the molecule is CCC(C)C(N)CNCc1ccc(C)o1. The summed E-state index contributed by atoms with van der Waals surface area (Å²) in [6, 6.07) is 4.20. The highest BCUT2D eigenvalue weighted by atomic mass is 16.3. The lowest BCUT2D eigenvalue weighted by Crippen LogP contribution is -2.38. The third-order valence-corrected chi connectivity index (χ3v) is 2.85. The lowest BCUT2D eigenvalue weighted by molar-refractivity contribution is 0.401. The minimum absolute atomic E-state index is 0.228. The van der Waals surface area contributed by atoms with Crippen LogP contribution in [0.3, 0.4) is 0 Å². The Labute approximate surface area is 92.0 Å². The van der Waals surface area contributed by atoms with Gasteiger partial charge in [0.25, 0.3) is 0 Å². The van der Waals surface area contributed by atoms with E-state index in [9.17, 15) is 0 Å². The van der Waals surface area contributed by atoms with E-state index >= 15 is 0 Å². The van der Waals surface area contributed by atoms with Gasteiger partial charge in [0.15, 0.2) is 0 Å². The molecule has 86 valence electrons. The van der Waals surface area contributed by atoms with Crippen molar-refractivity contribution in [2.45, 2.75) is 39.8 Å². The van der Waals surface area contributed by atoms with Crippen LogP contribution in [0.5, 0.6) is 0 Å². The quantitative estimate of drug-likeness (QED) is 0.755. The Morgan fingerprint density at radius 2 is 2.20 bits per heavy atom. The number of furan rings is 1. The van der Waals surface area contributed by atoms with Crippen molar-refractivity contribution in [3.05, 3.63) is 23.7 Å². The van der Waals surface area contributed by atoms with Crippen molar-refractivity contribution >= 4 is 0 Å². The van der Waals surface area contributed by atoms with E-state index in [-0.39, 0.29) is 6.04 Å². The second-order valence-electron chi connectivity index (χ2n) is 4.19. The molecule has 0 saturated heterocycles. The van der Waals surface area contributed by atoms with Gasteiger partial charge in [-0.1, -0.05) is 20.3 Å². The summed E-state index contributed by atoms with van der Waals surface area (Å²) in [7, 11) is 0. The molecule has 15 heavy (non-hydrogen) atoms. The molecule has 1 rings (SSSR count). The predicted molar refractivity (Wildman–Crippen MR) is 62.6 cm³/mol. The van der Waals surface area contributed by atoms with Crippen LogP contribution in [0.25, 0.3) is 0 Å². The Bertz CT molecular complexity index is 283. The first kappa shape index (κ1) is 12.3. The summed E-state index contributed by atoms with van der Waals surface area (Å²) < 4.78 is 5.45. The third-order valence-electron chi connectivity index (χ3n) is 2.85. The molecule has 0 spiro atoms. The van der Waals surface area contributed by atoms with Gasteiger partial charge in [0.1, 0.15) is 11.5 Å². The van der Waals surface area contributed by atoms with Crippen LogP contribution in [-0.2, 0) is 6.54 Å². The van der Waals surface area contributed by atoms with Crippen LogP contribution in [0, 0.1) is 12.8 Å². The normalized spacial score (nSPS) is 15.2. The summed E-state index contributed by atoms with van der Waals surface area (Å²) in [5.41, 5.74) is 6.00. The van der Waals surface area contributed by atoms with Gasteiger partial charge in [0, 0.05) is 12.6 Å². The summed E-state index contributed by atoms with van der Waals surface area (Å²) in [5, 5.41) is 3.31. The minimum Gasteiger partial charge on any atom is -0.465 e. The van der Waals surface area contributed by atoms with Crippen LogP contribution >= 0.6 is 0 Å². The van der Waals surface area contributed by atoms with Crippen molar-refractivity contribution in [2.75, 3.05) is 6.54 Å². The standard InChI is InChI=1S/C12H22N2O/c1-4-9(2)12(13)8-14-7-11-6-5-10(3)15-11/h5-6,9,12,14H,4,7-8,13H2,1-3H3. The highest BCUT2D eigenvalue weighted by Crippen LogP contribution is 2.07. The molecule has 1 heterocycles. The Hall–Kier alpha value is -0.800. The molecule has 2 atom stereocenters. The molecular weight excluding hydrogens is 188 g/mol. The van der Waals surface area contributed by atoms with E-state index < -0.39 is 0 Å². The van der Waals surface area contributed by atoms with E-state index in [1.54, 1.807) is 0 Å². The lowest BCUT2D eigenvalue weighted by atomic mass is 10.0. The van der Waals surface area contributed by atoms with Gasteiger partial charge in [0.05, 0.1) is 6.54 Å². The summed E-state index contributed by atoms with van der Waals surface area (Å²) in [4.78, 5) is 0. The molecule has 3 heteroatoms. The maximum atomic E-state index is 6.00. The Morgan fingerprint density at radius 3 is 2.73 bits per heavy atom. The van der Waals surface area contributed by atoms with Gasteiger partial charge in [-0.15, -0.1) is 0 Å². The van der Waals surface area contributed by atoms with Gasteiger partial charge in [-0.25, -0.2) is 0 Å². The molecule has 0 aliphatic heterocycles. The molecule has 0 aliphatic carbocycles. The Kier molecular flexibility index (Phi) is 4.85. The molecule has 0 aliphatic rings. The van der Waals surface area contributed by atoms with Crippen LogP contribution in [-0.4, -0.2) is 12.6 Å². The first-order valence-electron chi connectivity index (χ1n) is 5.65. The molecule has 1 aromatic rings. The average molecular weight is 210 g/mol. The first-order valence-corrected chi connectivity index (χ1v) is 5.65. The van der Waals surface area contributed by atoms with E-state index in [4.69, 9.17) is 10.2 Å². The second kappa shape index (κ2) is 5.93. The van der Waals surface area contributed by atoms with Gasteiger partial charge in [-0.2, -0.15) is 0 Å². The number of rotatable bonds is 6. The van der Waals surface area contributed by atoms with E-state index in [0.29, 0.717) is 5.92 Å². The fraction of sp³-hybridized carbons (Fsp3) is 0.667. The molecule has 0 aromatic carbocycles. The van der Waals surface area contributed by atoms with E-state index in [0.717, 1.165) is 31.0 Å². The minimum atomic E-state index is 0.228. The van der Waals surface area contributed by atoms with Crippen LogP contribution in [0.2, 0.25) is 0 Å². The zero-order chi connectivity index (χ0) is 11.3. The fourth-order valence-corrected chi connectivity index (χ4v) is 1.45. The molecule has 3 nitrogen and oxygen atoms in total. The Morgan fingerprint density at radius 1 is 1.47 bits per heavy atom. The number of aryl methyl sites for hydroxylation is 1. The van der Waals surface area contributed by atoms with E-state index in [1.165, 1.54) is 0 Å². The zero-order valence-electron chi connectivity index (χ0n) is 9.92. The number of nitrogens with one attached hydrogen (secondary N) is 1. The lowest BCUT2D eigenvalue weighted by Gasteiger charge is -2.18. The number of hydrogen-bond donors (Lipinski definition) is 2. The van der Waals surface area contributed by atoms with Gasteiger partial charge >= 0.3 is 0 Å². The summed E-state index contributed by atoms with van der Waals surface area (Å²) in [6.07, 6.45) is 1.13. The third kappa shape index (κ3) is 4.06. The first-order chi connectivity index (χ1) is 7.13. The molecule has 0 saturated carbocycles. The molecule has 1 aromatic heterocycles. The van der Waals surface area contributed by atoms with Gasteiger partial charge in [0.2, 0.25) is 0 Å². The zero-order valence-corrected chi connectivity index (χ0v) is 9.92. The smallest absolute Gasteiger partial charge is 0.117 e. The van der Waals surface area contributed by atoms with Crippen LogP contribution in [0.1, 0.15) is 31.8 Å².